The molecule has 3 nitrogen and oxygen atoms in total. The Balaban J connectivity index is 2.03. The normalized spacial score (nSPS) is 32.2. The van der Waals surface area contributed by atoms with E-state index < -0.39 is 11.5 Å². The molecule has 2 aliphatic rings. The standard InChI is InChI=1S/C11H18ClFN2O/c1-8(2)14-5-3-11(7-14)4-6-15(11)10(16)9(12)13/h8-9H,3-7H2,1-2H3. The number of carbonyl (C=O) groups is 1. The molecule has 2 aliphatic heterocycles. The lowest BCUT2D eigenvalue weighted by molar-refractivity contribution is -0.149. The van der Waals surface area contributed by atoms with Crippen molar-refractivity contribution in [1.82, 2.24) is 9.80 Å². The second-order valence-corrected chi connectivity index (χ2v) is 5.46. The van der Waals surface area contributed by atoms with Crippen LogP contribution >= 0.6 is 11.6 Å². The van der Waals surface area contributed by atoms with Gasteiger partial charge in [0.25, 0.3) is 11.5 Å². The first kappa shape index (κ1) is 12.1. The summed E-state index contributed by atoms with van der Waals surface area (Å²) >= 11 is 5.22. The van der Waals surface area contributed by atoms with Crippen LogP contribution in [0, 0.1) is 0 Å². The summed E-state index contributed by atoms with van der Waals surface area (Å²) in [6.45, 7) is 6.78. The van der Waals surface area contributed by atoms with Gasteiger partial charge in [0, 0.05) is 25.7 Å². The van der Waals surface area contributed by atoms with Gasteiger partial charge in [0.05, 0.1) is 5.54 Å². The number of halogens is 2. The molecule has 2 unspecified atom stereocenters. The van der Waals surface area contributed by atoms with E-state index in [4.69, 9.17) is 11.6 Å². The van der Waals surface area contributed by atoms with Crippen molar-refractivity contribution in [3.05, 3.63) is 0 Å². The van der Waals surface area contributed by atoms with Gasteiger partial charge < -0.3 is 4.90 Å². The van der Waals surface area contributed by atoms with Crippen LogP contribution < -0.4 is 0 Å². The fourth-order valence-electron chi connectivity index (χ4n) is 2.75. The van der Waals surface area contributed by atoms with Crippen LogP contribution in [0.2, 0.25) is 0 Å². The van der Waals surface area contributed by atoms with Gasteiger partial charge in [-0.05, 0) is 26.7 Å². The number of hydrogen-bond acceptors (Lipinski definition) is 2. The summed E-state index contributed by atoms with van der Waals surface area (Å²) in [7, 11) is 0. The fourth-order valence-corrected chi connectivity index (χ4v) is 2.87. The summed E-state index contributed by atoms with van der Waals surface area (Å²) in [4.78, 5) is 15.5. The van der Waals surface area contributed by atoms with E-state index in [9.17, 15) is 9.18 Å². The Morgan fingerprint density at radius 1 is 1.38 bits per heavy atom. The highest BCUT2D eigenvalue weighted by Gasteiger charge is 2.52. The van der Waals surface area contributed by atoms with Crippen LogP contribution in [0.1, 0.15) is 26.7 Å². The zero-order valence-corrected chi connectivity index (χ0v) is 10.5. The molecule has 2 saturated heterocycles. The van der Waals surface area contributed by atoms with Crippen molar-refractivity contribution >= 4 is 17.5 Å². The number of alkyl halides is 2. The number of likely N-dealkylation sites (tertiary alicyclic amines) is 2. The minimum absolute atomic E-state index is 0.124. The Kier molecular flexibility index (Phi) is 3.14. The van der Waals surface area contributed by atoms with Gasteiger partial charge in [0.15, 0.2) is 0 Å². The second-order valence-electron chi connectivity index (χ2n) is 5.08. The molecule has 0 aromatic rings. The molecule has 0 radical (unpaired) electrons. The van der Waals surface area contributed by atoms with Gasteiger partial charge in [-0.1, -0.05) is 11.6 Å². The lowest BCUT2D eigenvalue weighted by Crippen LogP contribution is -2.64. The quantitative estimate of drug-likeness (QED) is 0.694. The molecule has 2 rings (SSSR count). The average Bonchev–Trinajstić information content (AvgIpc) is 2.62. The van der Waals surface area contributed by atoms with Crippen molar-refractivity contribution in [2.45, 2.75) is 43.9 Å². The second kappa shape index (κ2) is 4.15. The SMILES string of the molecule is CC(C)N1CCC2(CCN2C(=O)C(F)Cl)C1. The van der Waals surface area contributed by atoms with Crippen LogP contribution in [0.5, 0.6) is 0 Å². The Hall–Kier alpha value is -0.350. The third-order valence-corrected chi connectivity index (χ3v) is 4.10. The van der Waals surface area contributed by atoms with Crippen LogP contribution in [0.3, 0.4) is 0 Å². The largest absolute Gasteiger partial charge is 0.332 e. The molecule has 1 amide bonds. The summed E-state index contributed by atoms with van der Waals surface area (Å²) in [6.07, 6.45) is 1.92. The molecular formula is C11H18ClFN2O. The monoisotopic (exact) mass is 248 g/mol. The zero-order chi connectivity index (χ0) is 11.9. The van der Waals surface area contributed by atoms with Crippen LogP contribution in [0.4, 0.5) is 4.39 Å². The molecule has 1 spiro atoms. The molecule has 2 atom stereocenters. The molecule has 2 heterocycles. The maximum absolute atomic E-state index is 12.8. The average molecular weight is 249 g/mol. The predicted octanol–water partition coefficient (Wildman–Crippen LogP) is 1.61. The Labute approximate surface area is 101 Å². The van der Waals surface area contributed by atoms with Crippen molar-refractivity contribution in [2.24, 2.45) is 0 Å². The summed E-state index contributed by atoms with van der Waals surface area (Å²) in [5.41, 5.74) is -2.01. The highest BCUT2D eigenvalue weighted by atomic mass is 35.5. The molecule has 0 saturated carbocycles. The molecule has 5 heteroatoms. The topological polar surface area (TPSA) is 23.6 Å². The van der Waals surface area contributed by atoms with Crippen molar-refractivity contribution in [2.75, 3.05) is 19.6 Å². The van der Waals surface area contributed by atoms with Crippen LogP contribution in [-0.2, 0) is 4.79 Å². The van der Waals surface area contributed by atoms with Crippen molar-refractivity contribution < 1.29 is 9.18 Å². The first-order valence-corrected chi connectivity index (χ1v) is 6.24. The van der Waals surface area contributed by atoms with Gasteiger partial charge in [-0.15, -0.1) is 0 Å². The van der Waals surface area contributed by atoms with E-state index in [2.05, 4.69) is 18.7 Å². The van der Waals surface area contributed by atoms with Gasteiger partial charge >= 0.3 is 0 Å². The van der Waals surface area contributed by atoms with Gasteiger partial charge in [-0.2, -0.15) is 0 Å². The summed E-state index contributed by atoms with van der Waals surface area (Å²) < 4.78 is 12.8. The Morgan fingerprint density at radius 3 is 2.38 bits per heavy atom. The van der Waals surface area contributed by atoms with Crippen molar-refractivity contribution in [3.63, 3.8) is 0 Å². The predicted molar refractivity (Wildman–Crippen MR) is 61.1 cm³/mol. The molecule has 0 aromatic heterocycles. The van der Waals surface area contributed by atoms with Gasteiger partial charge in [-0.25, -0.2) is 4.39 Å². The maximum atomic E-state index is 12.8. The lowest BCUT2D eigenvalue weighted by Gasteiger charge is -2.51. The highest BCUT2D eigenvalue weighted by Crippen LogP contribution is 2.40. The third kappa shape index (κ3) is 1.82. The number of nitrogens with zero attached hydrogens (tertiary/aromatic N) is 2. The third-order valence-electron chi connectivity index (χ3n) is 3.92. The van der Waals surface area contributed by atoms with Gasteiger partial charge in [0.1, 0.15) is 0 Å². The summed E-state index contributed by atoms with van der Waals surface area (Å²) in [5, 5.41) is 0. The first-order chi connectivity index (χ1) is 7.46. The molecular weight excluding hydrogens is 231 g/mol. The van der Waals surface area contributed by atoms with Crippen LogP contribution in [0.15, 0.2) is 0 Å². The smallest absolute Gasteiger partial charge is 0.273 e. The van der Waals surface area contributed by atoms with E-state index in [1.54, 1.807) is 4.90 Å². The Bertz CT molecular complexity index is 298. The fraction of sp³-hybridized carbons (Fsp3) is 0.909. The number of rotatable bonds is 2. The minimum Gasteiger partial charge on any atom is -0.332 e. The van der Waals surface area contributed by atoms with Crippen LogP contribution in [-0.4, -0.2) is 52.6 Å². The van der Waals surface area contributed by atoms with E-state index in [0.29, 0.717) is 12.6 Å². The van der Waals surface area contributed by atoms with E-state index in [1.807, 2.05) is 0 Å². The Morgan fingerprint density at radius 2 is 2.00 bits per heavy atom. The molecule has 0 aromatic carbocycles. The number of carbonyl (C=O) groups excluding carboxylic acids is 1. The number of hydrogen-bond donors (Lipinski definition) is 0. The van der Waals surface area contributed by atoms with E-state index in [-0.39, 0.29) is 5.54 Å². The van der Waals surface area contributed by atoms with Gasteiger partial charge in [-0.3, -0.25) is 9.69 Å². The van der Waals surface area contributed by atoms with E-state index in [1.165, 1.54) is 0 Å². The highest BCUT2D eigenvalue weighted by molar-refractivity contribution is 6.29. The van der Waals surface area contributed by atoms with E-state index >= 15 is 0 Å². The summed E-state index contributed by atoms with van der Waals surface area (Å²) in [5.74, 6) is -0.557. The van der Waals surface area contributed by atoms with E-state index in [0.717, 1.165) is 25.9 Å². The molecule has 2 fully saturated rings. The van der Waals surface area contributed by atoms with Crippen molar-refractivity contribution in [3.8, 4) is 0 Å². The lowest BCUT2D eigenvalue weighted by atomic mass is 9.83. The number of amides is 1. The molecule has 16 heavy (non-hydrogen) atoms. The zero-order valence-electron chi connectivity index (χ0n) is 9.75. The maximum Gasteiger partial charge on any atom is 0.273 e. The molecule has 0 aliphatic carbocycles. The first-order valence-electron chi connectivity index (χ1n) is 5.80. The van der Waals surface area contributed by atoms with Crippen LogP contribution in [0.25, 0.3) is 0 Å². The molecule has 92 valence electrons. The summed E-state index contributed by atoms with van der Waals surface area (Å²) in [6, 6.07) is 0.481. The molecule has 0 N–H and O–H groups in total. The van der Waals surface area contributed by atoms with Crippen molar-refractivity contribution in [1.29, 1.82) is 0 Å². The minimum atomic E-state index is -1.88. The molecule has 0 bridgehead atoms. The van der Waals surface area contributed by atoms with Gasteiger partial charge in [0.2, 0.25) is 0 Å².